The molecule has 1 aromatic rings. The average Bonchev–Trinajstić information content (AvgIpc) is 3.04. The van der Waals surface area contributed by atoms with Gasteiger partial charge in [-0.3, -0.25) is 14.4 Å². The van der Waals surface area contributed by atoms with E-state index in [9.17, 15) is 14.7 Å². The smallest absolute Gasteiger partial charge is 0.354 e. The number of aliphatic carboxylic acids is 1. The minimum absolute atomic E-state index is 0.0155. The lowest BCUT2D eigenvalue weighted by molar-refractivity contribution is -0.141. The van der Waals surface area contributed by atoms with E-state index >= 15 is 0 Å². The molecule has 0 aliphatic carbocycles. The largest absolute Gasteiger partial charge is 0.477 e. The number of β-lactam (4-membered cyclic amide) rings is 1. The molecule has 1 aromatic heterocycles. The minimum atomic E-state index is -1.12. The fraction of sp³-hybridized carbons (Fsp3) is 0.308. The zero-order valence-electron chi connectivity index (χ0n) is 11.6. The van der Waals surface area contributed by atoms with Crippen LogP contribution in [0.3, 0.4) is 0 Å². The Morgan fingerprint density at radius 3 is 2.95 bits per heavy atom. The molecule has 7 nitrogen and oxygen atoms in total. The maximum atomic E-state index is 12.2. The third-order valence-corrected chi connectivity index (χ3v) is 5.77. The van der Waals surface area contributed by atoms with Gasteiger partial charge in [0.05, 0.1) is 22.6 Å². The maximum absolute atomic E-state index is 12.2. The minimum Gasteiger partial charge on any atom is -0.477 e. The molecule has 22 heavy (non-hydrogen) atoms. The summed E-state index contributed by atoms with van der Waals surface area (Å²) in [5.41, 5.74) is 1.39. The second-order valence-electron chi connectivity index (χ2n) is 4.71. The lowest BCUT2D eigenvalue weighted by atomic mass is 10.0. The molecular formula is C13H13N3O4S2. The van der Waals surface area contributed by atoms with Crippen LogP contribution in [0.5, 0.6) is 0 Å². The van der Waals surface area contributed by atoms with Gasteiger partial charge in [-0.05, 0) is 6.08 Å². The zero-order valence-corrected chi connectivity index (χ0v) is 13.2. The van der Waals surface area contributed by atoms with E-state index in [0.29, 0.717) is 15.6 Å². The molecule has 1 saturated heterocycles. The van der Waals surface area contributed by atoms with Gasteiger partial charge in [0.25, 0.3) is 5.91 Å². The van der Waals surface area contributed by atoms with Crippen LogP contribution in [0.25, 0.3) is 6.08 Å². The van der Waals surface area contributed by atoms with E-state index in [1.807, 2.05) is 0 Å². The summed E-state index contributed by atoms with van der Waals surface area (Å²) in [5.74, 6) is -1.02. The fourth-order valence-corrected chi connectivity index (χ4v) is 4.77. The van der Waals surface area contributed by atoms with Crippen molar-refractivity contribution in [3.05, 3.63) is 33.5 Å². The van der Waals surface area contributed by atoms with Crippen molar-refractivity contribution in [2.75, 3.05) is 12.4 Å². The first-order valence-electron chi connectivity index (χ1n) is 6.44. The highest BCUT2D eigenvalue weighted by Crippen LogP contribution is 2.52. The molecule has 0 saturated carbocycles. The van der Waals surface area contributed by atoms with E-state index in [2.05, 4.69) is 5.10 Å². The van der Waals surface area contributed by atoms with Crippen LogP contribution in [0.4, 0.5) is 0 Å². The first-order chi connectivity index (χ1) is 10.5. The van der Waals surface area contributed by atoms with E-state index in [1.54, 1.807) is 30.2 Å². The number of carboxylic acids is 1. The van der Waals surface area contributed by atoms with Crippen molar-refractivity contribution in [2.24, 2.45) is 7.05 Å². The van der Waals surface area contributed by atoms with Crippen molar-refractivity contribution in [1.29, 1.82) is 0 Å². The molecule has 2 aliphatic heterocycles. The van der Waals surface area contributed by atoms with E-state index in [4.69, 9.17) is 5.11 Å². The highest BCUT2D eigenvalue weighted by atomic mass is 32.2. The molecule has 3 rings (SSSR count). The quantitative estimate of drug-likeness (QED) is 0.602. The summed E-state index contributed by atoms with van der Waals surface area (Å²) >= 11 is 2.59. The maximum Gasteiger partial charge on any atom is 0.354 e. The number of hydrogen-bond acceptors (Lipinski definition) is 6. The van der Waals surface area contributed by atoms with Gasteiger partial charge in [-0.2, -0.15) is 5.10 Å². The molecule has 3 heterocycles. The molecule has 0 spiro atoms. The number of hydrogen-bond donors (Lipinski definition) is 2. The number of aliphatic hydroxyl groups is 1. The number of rotatable bonds is 5. The predicted molar refractivity (Wildman–Crippen MR) is 83.6 cm³/mol. The highest BCUT2D eigenvalue weighted by Gasteiger charge is 2.52. The molecule has 1 amide bonds. The van der Waals surface area contributed by atoms with Crippen molar-refractivity contribution < 1.29 is 19.8 Å². The molecule has 0 radical (unpaired) electrons. The molecule has 9 heteroatoms. The van der Waals surface area contributed by atoms with Gasteiger partial charge >= 0.3 is 5.97 Å². The Morgan fingerprint density at radius 1 is 1.59 bits per heavy atom. The molecule has 0 bridgehead atoms. The summed E-state index contributed by atoms with van der Waals surface area (Å²) in [6.07, 6.45) is 5.17. The number of thioether (sulfide) groups is 2. The summed E-state index contributed by atoms with van der Waals surface area (Å²) in [6, 6.07) is 0. The molecule has 0 aromatic carbocycles. The average molecular weight is 339 g/mol. The molecule has 0 unspecified atom stereocenters. The number of amides is 1. The summed E-state index contributed by atoms with van der Waals surface area (Å²) in [4.78, 5) is 25.0. The van der Waals surface area contributed by atoms with Crippen molar-refractivity contribution in [3.63, 3.8) is 0 Å². The standard InChI is InChI=1S/C13H13N3O4S2/c1-15-6-7(5-14-15)4-8-10(18)16-9(12(19)20)13(21-3-2-17)22-11(8)16/h4-6,11,17H,2-3H2,1H3,(H,19,20)/t11-/m0/s1. The number of nitrogens with zero attached hydrogens (tertiary/aromatic N) is 3. The van der Waals surface area contributed by atoms with Gasteiger partial charge in [0.15, 0.2) is 5.70 Å². The van der Waals surface area contributed by atoms with Gasteiger partial charge < -0.3 is 10.2 Å². The van der Waals surface area contributed by atoms with Crippen molar-refractivity contribution in [3.8, 4) is 0 Å². The van der Waals surface area contributed by atoms with Gasteiger partial charge in [0.1, 0.15) is 5.37 Å². The first kappa shape index (κ1) is 15.2. The van der Waals surface area contributed by atoms with Crippen molar-refractivity contribution in [2.45, 2.75) is 5.37 Å². The fourth-order valence-electron chi connectivity index (χ4n) is 2.27. The van der Waals surface area contributed by atoms with Gasteiger partial charge in [0, 0.05) is 24.6 Å². The van der Waals surface area contributed by atoms with Crippen molar-refractivity contribution in [1.82, 2.24) is 14.7 Å². The van der Waals surface area contributed by atoms with Crippen LogP contribution in [-0.4, -0.2) is 54.5 Å². The number of fused-ring (bicyclic) bond motifs is 1. The van der Waals surface area contributed by atoms with Gasteiger partial charge in [-0.15, -0.1) is 11.8 Å². The first-order valence-corrected chi connectivity index (χ1v) is 8.31. The third-order valence-electron chi connectivity index (χ3n) is 3.19. The van der Waals surface area contributed by atoms with Crippen molar-refractivity contribution >= 4 is 41.5 Å². The van der Waals surface area contributed by atoms with Gasteiger partial charge in [0.2, 0.25) is 0 Å². The Kier molecular flexibility index (Phi) is 4.02. The summed E-state index contributed by atoms with van der Waals surface area (Å²) < 4.78 is 2.20. The number of aromatic nitrogens is 2. The number of carbonyl (C=O) groups excluding carboxylic acids is 1. The van der Waals surface area contributed by atoms with Gasteiger partial charge in [-0.25, -0.2) is 4.79 Å². The lowest BCUT2D eigenvalue weighted by Gasteiger charge is -2.36. The second kappa shape index (κ2) is 5.82. The molecule has 2 aliphatic rings. The number of aliphatic hydroxyl groups excluding tert-OH is 1. The number of carbonyl (C=O) groups is 2. The topological polar surface area (TPSA) is 95.7 Å². The normalized spacial score (nSPS) is 22.3. The number of aryl methyl sites for hydroxylation is 1. The predicted octanol–water partition coefficient (Wildman–Crippen LogP) is 0.698. The van der Waals surface area contributed by atoms with Crippen LogP contribution in [0.1, 0.15) is 5.56 Å². The van der Waals surface area contributed by atoms with Crippen LogP contribution < -0.4 is 0 Å². The van der Waals surface area contributed by atoms with Crippen LogP contribution >= 0.6 is 23.5 Å². The van der Waals surface area contributed by atoms with Crippen LogP contribution in [0.15, 0.2) is 27.9 Å². The SMILES string of the molecule is Cn1cc(C=C2C(=O)N3C(C(=O)O)=C(SCCO)S[C@@H]23)cn1. The van der Waals surface area contributed by atoms with E-state index in [-0.39, 0.29) is 23.6 Å². The van der Waals surface area contributed by atoms with E-state index < -0.39 is 5.97 Å². The second-order valence-corrected chi connectivity index (χ2v) is 7.16. The zero-order chi connectivity index (χ0) is 15.9. The van der Waals surface area contributed by atoms with Crippen LogP contribution in [-0.2, 0) is 16.6 Å². The van der Waals surface area contributed by atoms with Gasteiger partial charge in [-0.1, -0.05) is 11.8 Å². The Morgan fingerprint density at radius 2 is 2.36 bits per heavy atom. The Bertz CT molecular complexity index is 710. The molecule has 1 atom stereocenters. The molecule has 2 N–H and O–H groups in total. The van der Waals surface area contributed by atoms with E-state index in [0.717, 1.165) is 5.56 Å². The molecule has 116 valence electrons. The Hall–Kier alpha value is -1.71. The summed E-state index contributed by atoms with van der Waals surface area (Å²) in [5, 5.41) is 22.0. The number of carboxylic acid groups (broad SMARTS) is 1. The monoisotopic (exact) mass is 339 g/mol. The molecular weight excluding hydrogens is 326 g/mol. The molecule has 1 fully saturated rings. The van der Waals surface area contributed by atoms with Crippen LogP contribution in [0.2, 0.25) is 0 Å². The highest BCUT2D eigenvalue weighted by molar-refractivity contribution is 8.22. The third kappa shape index (κ3) is 2.44. The Balaban J connectivity index is 1.86. The van der Waals surface area contributed by atoms with Crippen LogP contribution in [0, 0.1) is 0 Å². The summed E-state index contributed by atoms with van der Waals surface area (Å²) in [7, 11) is 1.79. The lowest BCUT2D eigenvalue weighted by Crippen LogP contribution is -2.51. The van der Waals surface area contributed by atoms with E-state index in [1.165, 1.54) is 28.4 Å². The summed E-state index contributed by atoms with van der Waals surface area (Å²) in [6.45, 7) is -0.0430. The Labute approximate surface area is 134 Å².